The van der Waals surface area contributed by atoms with Crippen LogP contribution in [0.4, 0.5) is 5.69 Å². The van der Waals surface area contributed by atoms with Crippen molar-refractivity contribution in [1.82, 2.24) is 0 Å². The van der Waals surface area contributed by atoms with E-state index in [9.17, 15) is 13.2 Å². The first kappa shape index (κ1) is 16.6. The Hall–Kier alpha value is -1.48. The van der Waals surface area contributed by atoms with Crippen LogP contribution in [0.15, 0.2) is 23.1 Å². The normalized spacial score (nSPS) is 11.3. The summed E-state index contributed by atoms with van der Waals surface area (Å²) in [5.41, 5.74) is 0.945. The maximum absolute atomic E-state index is 11.5. The van der Waals surface area contributed by atoms with E-state index in [4.69, 9.17) is 14.6 Å². The number of rotatable bonds is 7. The lowest BCUT2D eigenvalue weighted by Gasteiger charge is -2.09. The van der Waals surface area contributed by atoms with Crippen molar-refractivity contribution in [3.63, 3.8) is 0 Å². The maximum atomic E-state index is 11.5. The molecular weight excluding hydrogens is 284 g/mol. The minimum absolute atomic E-state index is 0.0341. The molecule has 0 saturated heterocycles. The summed E-state index contributed by atoms with van der Waals surface area (Å²) < 4.78 is 32.3. The number of hydrogen-bond acceptors (Lipinski definition) is 5. The van der Waals surface area contributed by atoms with Crippen molar-refractivity contribution in [3.8, 4) is 0 Å². The van der Waals surface area contributed by atoms with Gasteiger partial charge < -0.3 is 14.8 Å². The van der Waals surface area contributed by atoms with Gasteiger partial charge in [-0.15, -0.1) is 0 Å². The van der Waals surface area contributed by atoms with E-state index in [2.05, 4.69) is 5.32 Å². The lowest BCUT2D eigenvalue weighted by atomic mass is 10.2. The largest absolute Gasteiger partial charge is 0.382 e. The number of methoxy groups -OCH3 is 1. The van der Waals surface area contributed by atoms with Gasteiger partial charge in [-0.25, -0.2) is 13.6 Å². The topological polar surface area (TPSA) is 108 Å². The van der Waals surface area contributed by atoms with E-state index in [1.165, 1.54) is 18.2 Å². The lowest BCUT2D eigenvalue weighted by molar-refractivity contribution is -0.121. The fourth-order valence-electron chi connectivity index (χ4n) is 1.55. The van der Waals surface area contributed by atoms with Gasteiger partial charge in [-0.05, 0) is 30.7 Å². The first-order valence-electron chi connectivity index (χ1n) is 5.84. The number of amides is 1. The number of benzene rings is 1. The van der Waals surface area contributed by atoms with Crippen LogP contribution in [0, 0.1) is 6.92 Å². The third-order valence-corrected chi connectivity index (χ3v) is 3.50. The van der Waals surface area contributed by atoms with Crippen molar-refractivity contribution in [2.24, 2.45) is 5.14 Å². The highest BCUT2D eigenvalue weighted by Gasteiger charge is 2.12. The molecule has 0 saturated carbocycles. The van der Waals surface area contributed by atoms with Crippen LogP contribution in [-0.2, 0) is 24.3 Å². The fraction of sp³-hybridized carbons (Fsp3) is 0.417. The van der Waals surface area contributed by atoms with Gasteiger partial charge in [0.05, 0.1) is 18.1 Å². The lowest BCUT2D eigenvalue weighted by Crippen LogP contribution is -2.20. The zero-order valence-electron chi connectivity index (χ0n) is 11.4. The van der Waals surface area contributed by atoms with Gasteiger partial charge in [0.2, 0.25) is 15.9 Å². The molecule has 0 fully saturated rings. The highest BCUT2D eigenvalue weighted by molar-refractivity contribution is 7.89. The smallest absolute Gasteiger partial charge is 0.250 e. The Bertz CT molecular complexity index is 571. The second-order valence-corrected chi connectivity index (χ2v) is 5.65. The molecule has 0 heterocycles. The quantitative estimate of drug-likeness (QED) is 0.702. The van der Waals surface area contributed by atoms with Crippen molar-refractivity contribution in [2.75, 3.05) is 32.2 Å². The number of primary sulfonamides is 1. The zero-order valence-corrected chi connectivity index (χ0v) is 12.2. The maximum Gasteiger partial charge on any atom is 0.250 e. The molecule has 1 aromatic carbocycles. The third kappa shape index (κ3) is 5.25. The Morgan fingerprint density at radius 2 is 2.05 bits per heavy atom. The van der Waals surface area contributed by atoms with Gasteiger partial charge in [0.15, 0.2) is 0 Å². The van der Waals surface area contributed by atoms with E-state index in [0.717, 1.165) is 0 Å². The molecule has 20 heavy (non-hydrogen) atoms. The van der Waals surface area contributed by atoms with Crippen molar-refractivity contribution in [2.45, 2.75) is 11.8 Å². The molecule has 7 nitrogen and oxygen atoms in total. The second-order valence-electron chi connectivity index (χ2n) is 4.12. The Balaban J connectivity index is 2.61. The molecule has 1 rings (SSSR count). The predicted molar refractivity (Wildman–Crippen MR) is 73.9 cm³/mol. The Morgan fingerprint density at radius 1 is 1.35 bits per heavy atom. The van der Waals surface area contributed by atoms with E-state index in [1.54, 1.807) is 14.0 Å². The van der Waals surface area contributed by atoms with Gasteiger partial charge in [0.1, 0.15) is 6.61 Å². The number of sulfonamides is 1. The van der Waals surface area contributed by atoms with Crippen molar-refractivity contribution in [3.05, 3.63) is 23.8 Å². The monoisotopic (exact) mass is 302 g/mol. The Labute approximate surface area is 118 Å². The SMILES string of the molecule is COCCOCC(=O)Nc1ccc(S(N)(=O)=O)c(C)c1. The average molecular weight is 302 g/mol. The number of hydrogen-bond donors (Lipinski definition) is 2. The summed E-state index contributed by atoms with van der Waals surface area (Å²) in [6.45, 7) is 2.24. The average Bonchev–Trinajstić information content (AvgIpc) is 2.33. The predicted octanol–water partition coefficient (Wildman–Crippen LogP) is 0.244. The molecule has 0 atom stereocenters. The zero-order chi connectivity index (χ0) is 15.2. The van der Waals surface area contributed by atoms with Crippen LogP contribution in [0.1, 0.15) is 5.56 Å². The minimum atomic E-state index is -3.75. The van der Waals surface area contributed by atoms with Crippen LogP contribution >= 0.6 is 0 Å². The molecule has 0 aromatic heterocycles. The van der Waals surface area contributed by atoms with Crippen molar-refractivity contribution >= 4 is 21.6 Å². The number of aryl methyl sites for hydroxylation is 1. The molecule has 0 aliphatic carbocycles. The standard InChI is InChI=1S/C12H18N2O5S/c1-9-7-10(3-4-11(9)20(13,16)17)14-12(15)8-19-6-5-18-2/h3-4,7H,5-6,8H2,1-2H3,(H,14,15)(H2,13,16,17). The fourth-order valence-corrected chi connectivity index (χ4v) is 2.32. The summed E-state index contributed by atoms with van der Waals surface area (Å²) in [7, 11) is -2.21. The second kappa shape index (κ2) is 7.34. The molecule has 0 radical (unpaired) electrons. The third-order valence-electron chi connectivity index (χ3n) is 2.43. The van der Waals surface area contributed by atoms with Crippen molar-refractivity contribution in [1.29, 1.82) is 0 Å². The molecule has 0 spiro atoms. The first-order chi connectivity index (χ1) is 9.34. The molecule has 0 aliphatic heterocycles. The highest BCUT2D eigenvalue weighted by Crippen LogP contribution is 2.18. The van der Waals surface area contributed by atoms with Gasteiger partial charge in [0.25, 0.3) is 0 Å². The highest BCUT2D eigenvalue weighted by atomic mass is 32.2. The van der Waals surface area contributed by atoms with Gasteiger partial charge in [-0.2, -0.15) is 0 Å². The molecule has 3 N–H and O–H groups in total. The number of nitrogens with two attached hydrogens (primary N) is 1. The van der Waals surface area contributed by atoms with Crippen LogP contribution < -0.4 is 10.5 Å². The van der Waals surface area contributed by atoms with Crippen LogP contribution in [0.25, 0.3) is 0 Å². The molecule has 1 amide bonds. The van der Waals surface area contributed by atoms with Crippen LogP contribution in [0.3, 0.4) is 0 Å². The van der Waals surface area contributed by atoms with Crippen molar-refractivity contribution < 1.29 is 22.7 Å². The summed E-state index contributed by atoms with van der Waals surface area (Å²) >= 11 is 0. The molecular formula is C12H18N2O5S. The van der Waals surface area contributed by atoms with Crippen LogP contribution in [0.5, 0.6) is 0 Å². The molecule has 0 aliphatic rings. The van der Waals surface area contributed by atoms with Gasteiger partial charge >= 0.3 is 0 Å². The minimum Gasteiger partial charge on any atom is -0.382 e. The van der Waals surface area contributed by atoms with E-state index >= 15 is 0 Å². The number of carbonyl (C=O) groups excluding carboxylic acids is 1. The van der Waals surface area contributed by atoms with E-state index < -0.39 is 10.0 Å². The Kier molecular flexibility index (Phi) is 6.08. The van der Waals surface area contributed by atoms with Gasteiger partial charge in [-0.3, -0.25) is 4.79 Å². The Morgan fingerprint density at radius 3 is 2.60 bits per heavy atom. The molecule has 0 bridgehead atoms. The molecule has 0 unspecified atom stereocenters. The van der Waals surface area contributed by atoms with Gasteiger partial charge in [0, 0.05) is 12.8 Å². The van der Waals surface area contributed by atoms with E-state index in [-0.39, 0.29) is 17.4 Å². The van der Waals surface area contributed by atoms with Gasteiger partial charge in [-0.1, -0.05) is 0 Å². The first-order valence-corrected chi connectivity index (χ1v) is 7.39. The van der Waals surface area contributed by atoms with E-state index in [1.807, 2.05) is 0 Å². The molecule has 112 valence electrons. The van der Waals surface area contributed by atoms with E-state index in [0.29, 0.717) is 24.5 Å². The van der Waals surface area contributed by atoms with Crippen LogP contribution in [-0.4, -0.2) is 41.3 Å². The summed E-state index contributed by atoms with van der Waals surface area (Å²) in [4.78, 5) is 11.6. The van der Waals surface area contributed by atoms with Crippen LogP contribution in [0.2, 0.25) is 0 Å². The number of ether oxygens (including phenoxy) is 2. The molecule has 8 heteroatoms. The summed E-state index contributed by atoms with van der Waals surface area (Å²) in [6.07, 6.45) is 0. The number of carbonyl (C=O) groups is 1. The summed E-state index contributed by atoms with van der Waals surface area (Å²) in [5.74, 6) is -0.330. The molecule has 1 aromatic rings. The number of nitrogens with one attached hydrogen (secondary N) is 1. The number of anilines is 1. The summed E-state index contributed by atoms with van der Waals surface area (Å²) in [6, 6.07) is 4.36. The summed E-state index contributed by atoms with van der Waals surface area (Å²) in [5, 5.41) is 7.65.